The minimum absolute atomic E-state index is 0.177. The molecule has 0 fully saturated rings. The van der Waals surface area contributed by atoms with Gasteiger partial charge in [0.25, 0.3) is 0 Å². The molecule has 5 heteroatoms. The van der Waals surface area contributed by atoms with Gasteiger partial charge in [-0.2, -0.15) is 0 Å². The topological polar surface area (TPSA) is 69.1 Å². The van der Waals surface area contributed by atoms with E-state index < -0.39 is 5.91 Å². The number of amides is 1. The maximum absolute atomic E-state index is 10.7. The number of nitrogen functional groups attached to an aromatic ring is 1. The molecule has 0 spiro atoms. The van der Waals surface area contributed by atoms with Gasteiger partial charge in [-0.3, -0.25) is 4.79 Å². The van der Waals surface area contributed by atoms with Crippen molar-refractivity contribution in [1.82, 2.24) is 0 Å². The van der Waals surface area contributed by atoms with Gasteiger partial charge in [0.15, 0.2) is 0 Å². The molecule has 0 heterocycles. The molecule has 0 aromatic heterocycles. The first-order valence-corrected chi connectivity index (χ1v) is 3.82. The predicted molar refractivity (Wildman–Crippen MR) is 49.4 cm³/mol. The van der Waals surface area contributed by atoms with Crippen molar-refractivity contribution in [2.75, 3.05) is 5.73 Å². The second-order valence-corrected chi connectivity index (χ2v) is 3.03. The Morgan fingerprint density at radius 3 is 2.33 bits per heavy atom. The lowest BCUT2D eigenvalue weighted by atomic mass is 10.2. The van der Waals surface area contributed by atoms with Gasteiger partial charge in [0.2, 0.25) is 5.91 Å². The summed E-state index contributed by atoms with van der Waals surface area (Å²) >= 11 is 11.3. The fraction of sp³-hybridized carbons (Fsp3) is 0. The first-order chi connectivity index (χ1) is 5.52. The molecule has 0 bridgehead atoms. The van der Waals surface area contributed by atoms with E-state index in [1.807, 2.05) is 0 Å². The molecule has 1 aromatic rings. The van der Waals surface area contributed by atoms with Crippen LogP contribution >= 0.6 is 23.2 Å². The Morgan fingerprint density at radius 1 is 1.25 bits per heavy atom. The van der Waals surface area contributed by atoms with Gasteiger partial charge in [-0.1, -0.05) is 23.2 Å². The summed E-state index contributed by atoms with van der Waals surface area (Å²) in [4.78, 5) is 10.7. The van der Waals surface area contributed by atoms with Crippen molar-refractivity contribution < 1.29 is 4.79 Å². The third kappa shape index (κ3) is 1.62. The lowest BCUT2D eigenvalue weighted by Gasteiger charge is -2.02. The van der Waals surface area contributed by atoms with Gasteiger partial charge < -0.3 is 11.5 Å². The molecule has 0 atom stereocenters. The standard InChI is InChI=1S/C7H6Cl2N2O/c8-4-2-6(10)5(9)1-3(4)7(11)12/h1-2H,10H2,(H2,11,12). The zero-order valence-electron chi connectivity index (χ0n) is 5.97. The van der Waals surface area contributed by atoms with Crippen molar-refractivity contribution in [2.45, 2.75) is 0 Å². The van der Waals surface area contributed by atoms with Crippen LogP contribution in [-0.4, -0.2) is 5.91 Å². The molecular formula is C7H6Cl2N2O. The van der Waals surface area contributed by atoms with Gasteiger partial charge in [0.05, 0.1) is 21.3 Å². The minimum atomic E-state index is -0.623. The van der Waals surface area contributed by atoms with Gasteiger partial charge in [0, 0.05) is 0 Å². The van der Waals surface area contributed by atoms with Crippen molar-refractivity contribution in [2.24, 2.45) is 5.73 Å². The van der Waals surface area contributed by atoms with Gasteiger partial charge in [0.1, 0.15) is 0 Å². The Balaban J connectivity index is 3.33. The second kappa shape index (κ2) is 3.21. The summed E-state index contributed by atoms with van der Waals surface area (Å²) in [6.45, 7) is 0. The van der Waals surface area contributed by atoms with E-state index in [9.17, 15) is 4.79 Å². The van der Waals surface area contributed by atoms with Gasteiger partial charge >= 0.3 is 0 Å². The Bertz CT molecular complexity index is 338. The van der Waals surface area contributed by atoms with E-state index in [1.165, 1.54) is 12.1 Å². The summed E-state index contributed by atoms with van der Waals surface area (Å²) in [5, 5.41) is 0.484. The van der Waals surface area contributed by atoms with Crippen molar-refractivity contribution >= 4 is 34.8 Å². The van der Waals surface area contributed by atoms with E-state index >= 15 is 0 Å². The van der Waals surface area contributed by atoms with Crippen molar-refractivity contribution in [3.05, 3.63) is 27.7 Å². The third-order valence-corrected chi connectivity index (χ3v) is 1.99. The van der Waals surface area contributed by atoms with E-state index in [1.54, 1.807) is 0 Å². The molecule has 1 aromatic carbocycles. The highest BCUT2D eigenvalue weighted by molar-refractivity contribution is 6.37. The lowest BCUT2D eigenvalue weighted by Crippen LogP contribution is -2.11. The van der Waals surface area contributed by atoms with Crippen LogP contribution in [0.1, 0.15) is 10.4 Å². The number of carbonyl (C=O) groups excluding carboxylic acids is 1. The average molecular weight is 205 g/mol. The van der Waals surface area contributed by atoms with Crippen LogP contribution in [0.2, 0.25) is 10.0 Å². The average Bonchev–Trinajstić information content (AvgIpc) is 1.96. The minimum Gasteiger partial charge on any atom is -0.397 e. The van der Waals surface area contributed by atoms with Gasteiger partial charge in [-0.25, -0.2) is 0 Å². The molecule has 4 N–H and O–H groups in total. The highest BCUT2D eigenvalue weighted by atomic mass is 35.5. The molecule has 0 aliphatic carbocycles. The van der Waals surface area contributed by atoms with E-state index in [0.29, 0.717) is 5.69 Å². The predicted octanol–water partition coefficient (Wildman–Crippen LogP) is 1.67. The first kappa shape index (κ1) is 9.16. The van der Waals surface area contributed by atoms with E-state index in [2.05, 4.69) is 0 Å². The number of anilines is 1. The fourth-order valence-electron chi connectivity index (χ4n) is 0.751. The fourth-order valence-corrected chi connectivity index (χ4v) is 1.18. The van der Waals surface area contributed by atoms with Crippen LogP contribution in [0.4, 0.5) is 5.69 Å². The molecular weight excluding hydrogens is 199 g/mol. The molecule has 0 unspecified atom stereocenters. The Labute approximate surface area is 79.2 Å². The summed E-state index contributed by atoms with van der Waals surface area (Å²) in [6, 6.07) is 2.74. The number of rotatable bonds is 1. The molecule has 64 valence electrons. The number of primary amides is 1. The van der Waals surface area contributed by atoms with Crippen LogP contribution in [0.15, 0.2) is 12.1 Å². The zero-order chi connectivity index (χ0) is 9.30. The van der Waals surface area contributed by atoms with Crippen LogP contribution < -0.4 is 11.5 Å². The smallest absolute Gasteiger partial charge is 0.250 e. The van der Waals surface area contributed by atoms with Crippen LogP contribution in [0, 0.1) is 0 Å². The molecule has 3 nitrogen and oxygen atoms in total. The maximum Gasteiger partial charge on any atom is 0.250 e. The van der Waals surface area contributed by atoms with Crippen LogP contribution in [0.3, 0.4) is 0 Å². The van der Waals surface area contributed by atoms with E-state index in [-0.39, 0.29) is 15.6 Å². The summed E-state index contributed by atoms with van der Waals surface area (Å²) in [6.07, 6.45) is 0. The molecule has 0 aliphatic heterocycles. The normalized spacial score (nSPS) is 9.83. The lowest BCUT2D eigenvalue weighted by molar-refractivity contribution is 0.100. The second-order valence-electron chi connectivity index (χ2n) is 2.22. The molecule has 1 amide bonds. The Morgan fingerprint density at radius 2 is 1.83 bits per heavy atom. The summed E-state index contributed by atoms with van der Waals surface area (Å²) in [5.74, 6) is -0.623. The number of benzene rings is 1. The highest BCUT2D eigenvalue weighted by Gasteiger charge is 2.09. The SMILES string of the molecule is NC(=O)c1cc(Cl)c(N)cc1Cl. The maximum atomic E-state index is 10.7. The number of carbonyl (C=O) groups is 1. The van der Waals surface area contributed by atoms with Crippen molar-refractivity contribution in [1.29, 1.82) is 0 Å². The Hall–Kier alpha value is -0.930. The number of nitrogens with two attached hydrogens (primary N) is 2. The number of hydrogen-bond donors (Lipinski definition) is 2. The molecule has 0 aliphatic rings. The largest absolute Gasteiger partial charge is 0.397 e. The van der Waals surface area contributed by atoms with E-state index in [4.69, 9.17) is 34.7 Å². The molecule has 12 heavy (non-hydrogen) atoms. The first-order valence-electron chi connectivity index (χ1n) is 3.06. The van der Waals surface area contributed by atoms with Gasteiger partial charge in [-0.05, 0) is 12.1 Å². The summed E-state index contributed by atoms with van der Waals surface area (Å²) < 4.78 is 0. The monoisotopic (exact) mass is 204 g/mol. The van der Waals surface area contributed by atoms with Crippen molar-refractivity contribution in [3.63, 3.8) is 0 Å². The summed E-state index contributed by atoms with van der Waals surface area (Å²) in [7, 11) is 0. The molecule has 1 rings (SSSR count). The highest BCUT2D eigenvalue weighted by Crippen LogP contribution is 2.26. The van der Waals surface area contributed by atoms with E-state index in [0.717, 1.165) is 0 Å². The van der Waals surface area contributed by atoms with Crippen LogP contribution in [0.25, 0.3) is 0 Å². The molecule has 0 saturated heterocycles. The van der Waals surface area contributed by atoms with Crippen LogP contribution in [0.5, 0.6) is 0 Å². The molecule has 0 saturated carbocycles. The van der Waals surface area contributed by atoms with Gasteiger partial charge in [-0.15, -0.1) is 0 Å². The van der Waals surface area contributed by atoms with Crippen LogP contribution in [-0.2, 0) is 0 Å². The number of hydrogen-bond acceptors (Lipinski definition) is 2. The molecule has 0 radical (unpaired) electrons. The van der Waals surface area contributed by atoms with Crippen molar-refractivity contribution in [3.8, 4) is 0 Å². The summed E-state index contributed by atoms with van der Waals surface area (Å²) in [5.41, 5.74) is 10.9. The number of halogens is 2. The third-order valence-electron chi connectivity index (χ3n) is 1.35. The zero-order valence-corrected chi connectivity index (χ0v) is 7.49. The quantitative estimate of drug-likeness (QED) is 0.684. The Kier molecular flexibility index (Phi) is 2.45.